The quantitative estimate of drug-likeness (QED) is 0.847. The predicted molar refractivity (Wildman–Crippen MR) is 102 cm³/mol. The highest BCUT2D eigenvalue weighted by atomic mass is 19.2. The number of halogens is 2. The molecule has 0 radical (unpaired) electrons. The van der Waals surface area contributed by atoms with Crippen LogP contribution in [0.25, 0.3) is 0 Å². The van der Waals surface area contributed by atoms with Crippen LogP contribution in [0.4, 0.5) is 14.5 Å². The molecule has 3 nitrogen and oxygen atoms in total. The van der Waals surface area contributed by atoms with Crippen LogP contribution in [0, 0.1) is 11.6 Å². The average molecular weight is 359 g/mol. The second kappa shape index (κ2) is 8.60. The summed E-state index contributed by atoms with van der Waals surface area (Å²) in [6.45, 7) is 3.50. The van der Waals surface area contributed by atoms with E-state index in [0.29, 0.717) is 6.04 Å². The van der Waals surface area contributed by atoms with Gasteiger partial charge in [0.15, 0.2) is 11.6 Å². The lowest BCUT2D eigenvalue weighted by atomic mass is 10.0. The van der Waals surface area contributed by atoms with E-state index in [-0.39, 0.29) is 0 Å². The summed E-state index contributed by atoms with van der Waals surface area (Å²) in [4.78, 5) is 4.31. The first-order valence-electron chi connectivity index (χ1n) is 9.18. The highest BCUT2D eigenvalue weighted by Gasteiger charge is 2.20. The minimum absolute atomic E-state index is 0.448. The molecule has 1 aliphatic rings. The maximum atomic E-state index is 13.4. The van der Waals surface area contributed by atoms with E-state index >= 15 is 0 Å². The molecule has 140 valence electrons. The lowest BCUT2D eigenvalue weighted by Crippen LogP contribution is -2.42. The number of rotatable bonds is 6. The summed E-state index contributed by atoms with van der Waals surface area (Å²) in [6, 6.07) is 13.1. The Kier molecular flexibility index (Phi) is 6.22. The Balaban J connectivity index is 1.52. The van der Waals surface area contributed by atoms with Crippen molar-refractivity contribution < 1.29 is 8.78 Å². The molecule has 0 unspecified atom stereocenters. The summed E-state index contributed by atoms with van der Waals surface area (Å²) in [6.07, 6.45) is 1.99. The van der Waals surface area contributed by atoms with Gasteiger partial charge in [-0.2, -0.15) is 0 Å². The lowest BCUT2D eigenvalue weighted by Gasteiger charge is -2.34. The smallest absolute Gasteiger partial charge is 0.160 e. The molecule has 0 aliphatic carbocycles. The summed E-state index contributed by atoms with van der Waals surface area (Å²) < 4.78 is 26.5. The van der Waals surface area contributed by atoms with E-state index in [1.807, 2.05) is 0 Å². The van der Waals surface area contributed by atoms with E-state index in [9.17, 15) is 8.78 Å². The lowest BCUT2D eigenvalue weighted by molar-refractivity contribution is 0.394. The molecule has 0 spiro atoms. The van der Waals surface area contributed by atoms with E-state index in [4.69, 9.17) is 0 Å². The first-order valence-corrected chi connectivity index (χ1v) is 9.18. The molecule has 0 atom stereocenters. The van der Waals surface area contributed by atoms with E-state index in [0.717, 1.165) is 44.7 Å². The van der Waals surface area contributed by atoms with Gasteiger partial charge in [-0.25, -0.2) is 8.78 Å². The molecule has 1 aliphatic heterocycles. The van der Waals surface area contributed by atoms with Crippen LogP contribution in [0.15, 0.2) is 42.5 Å². The van der Waals surface area contributed by atoms with Gasteiger partial charge < -0.3 is 15.1 Å². The van der Waals surface area contributed by atoms with Crippen LogP contribution < -0.4 is 10.2 Å². The van der Waals surface area contributed by atoms with Crippen molar-refractivity contribution in [2.45, 2.75) is 32.0 Å². The second-order valence-electron chi connectivity index (χ2n) is 7.25. The van der Waals surface area contributed by atoms with Crippen molar-refractivity contribution >= 4 is 5.69 Å². The number of piperidine rings is 1. The van der Waals surface area contributed by atoms with E-state index in [1.165, 1.54) is 23.3 Å². The highest BCUT2D eigenvalue weighted by Crippen LogP contribution is 2.22. The van der Waals surface area contributed by atoms with Gasteiger partial charge in [-0.1, -0.05) is 24.3 Å². The molecule has 1 heterocycles. The van der Waals surface area contributed by atoms with Gasteiger partial charge in [0, 0.05) is 44.0 Å². The number of anilines is 1. The first-order chi connectivity index (χ1) is 12.5. The van der Waals surface area contributed by atoms with E-state index in [2.05, 4.69) is 53.5 Å². The number of nitrogens with one attached hydrogen (secondary N) is 1. The maximum Gasteiger partial charge on any atom is 0.160 e. The van der Waals surface area contributed by atoms with Crippen molar-refractivity contribution in [3.8, 4) is 0 Å². The first kappa shape index (κ1) is 18.8. The van der Waals surface area contributed by atoms with Gasteiger partial charge >= 0.3 is 0 Å². The molecule has 0 amide bonds. The fourth-order valence-corrected chi connectivity index (χ4v) is 3.50. The van der Waals surface area contributed by atoms with Crippen LogP contribution in [0.1, 0.15) is 24.0 Å². The van der Waals surface area contributed by atoms with Crippen LogP contribution >= 0.6 is 0 Å². The molecule has 2 aromatic rings. The van der Waals surface area contributed by atoms with Gasteiger partial charge in [-0.3, -0.25) is 0 Å². The molecule has 1 saturated heterocycles. The van der Waals surface area contributed by atoms with Gasteiger partial charge in [0.25, 0.3) is 0 Å². The predicted octanol–water partition coefficient (Wildman–Crippen LogP) is 3.79. The number of hydrogen-bond acceptors (Lipinski definition) is 3. The summed E-state index contributed by atoms with van der Waals surface area (Å²) in [5.74, 6) is -1.57. The molecule has 0 aromatic heterocycles. The summed E-state index contributed by atoms with van der Waals surface area (Å²) in [5.41, 5.74) is 3.45. The average Bonchev–Trinajstić information content (AvgIpc) is 2.63. The van der Waals surface area contributed by atoms with Gasteiger partial charge in [-0.15, -0.1) is 0 Å². The second-order valence-corrected chi connectivity index (χ2v) is 7.25. The van der Waals surface area contributed by atoms with Crippen LogP contribution in [0.2, 0.25) is 0 Å². The zero-order valence-corrected chi connectivity index (χ0v) is 15.5. The molecule has 0 bridgehead atoms. The molecule has 26 heavy (non-hydrogen) atoms. The Morgan fingerprint density at radius 3 is 2.35 bits per heavy atom. The molecule has 1 fully saturated rings. The minimum Gasteiger partial charge on any atom is -0.371 e. The third-order valence-electron chi connectivity index (χ3n) is 4.95. The van der Waals surface area contributed by atoms with Crippen molar-refractivity contribution in [2.75, 3.05) is 32.1 Å². The van der Waals surface area contributed by atoms with Gasteiger partial charge in [0.2, 0.25) is 0 Å². The van der Waals surface area contributed by atoms with Crippen molar-refractivity contribution in [3.63, 3.8) is 0 Å². The molecule has 1 N–H and O–H groups in total. The zero-order valence-electron chi connectivity index (χ0n) is 15.5. The van der Waals surface area contributed by atoms with Crippen molar-refractivity contribution in [3.05, 3.63) is 65.2 Å². The molecule has 5 heteroatoms. The third-order valence-corrected chi connectivity index (χ3v) is 4.95. The molecule has 3 rings (SSSR count). The highest BCUT2D eigenvalue weighted by molar-refractivity contribution is 5.47. The van der Waals surface area contributed by atoms with Gasteiger partial charge in [0.1, 0.15) is 0 Å². The number of benzene rings is 2. The standard InChI is InChI=1S/C21H27F2N3/c1-25(2)15-17-6-4-3-5-16(17)14-24-18-9-11-26(12-10-18)19-7-8-20(22)21(23)13-19/h3-8,13,18,24H,9-12,14-15H2,1-2H3. The van der Waals surface area contributed by atoms with E-state index in [1.54, 1.807) is 6.07 Å². The van der Waals surface area contributed by atoms with Crippen LogP contribution in [0.5, 0.6) is 0 Å². The monoisotopic (exact) mass is 359 g/mol. The number of hydrogen-bond donors (Lipinski definition) is 1. The van der Waals surface area contributed by atoms with Crippen LogP contribution in [-0.4, -0.2) is 38.1 Å². The van der Waals surface area contributed by atoms with Crippen LogP contribution in [-0.2, 0) is 13.1 Å². The Hall–Kier alpha value is -1.98. The van der Waals surface area contributed by atoms with Crippen molar-refractivity contribution in [1.29, 1.82) is 0 Å². The maximum absolute atomic E-state index is 13.4. The fourth-order valence-electron chi connectivity index (χ4n) is 3.50. The Bertz CT molecular complexity index is 725. The number of nitrogens with zero attached hydrogens (tertiary/aromatic N) is 2. The molecular formula is C21H27F2N3. The zero-order chi connectivity index (χ0) is 18.5. The normalized spacial score (nSPS) is 15.7. The third kappa shape index (κ3) is 4.80. The Morgan fingerprint density at radius 1 is 1.00 bits per heavy atom. The SMILES string of the molecule is CN(C)Cc1ccccc1CNC1CCN(c2ccc(F)c(F)c2)CC1. The molecule has 2 aromatic carbocycles. The van der Waals surface area contributed by atoms with Crippen LogP contribution in [0.3, 0.4) is 0 Å². The Morgan fingerprint density at radius 2 is 1.69 bits per heavy atom. The Labute approximate surface area is 154 Å². The molecular weight excluding hydrogens is 332 g/mol. The van der Waals surface area contributed by atoms with Gasteiger partial charge in [-0.05, 0) is 50.2 Å². The van der Waals surface area contributed by atoms with E-state index < -0.39 is 11.6 Å². The van der Waals surface area contributed by atoms with Crippen molar-refractivity contribution in [2.24, 2.45) is 0 Å². The van der Waals surface area contributed by atoms with Crippen molar-refractivity contribution in [1.82, 2.24) is 10.2 Å². The fraction of sp³-hybridized carbons (Fsp3) is 0.429. The largest absolute Gasteiger partial charge is 0.371 e. The molecule has 0 saturated carbocycles. The summed E-state index contributed by atoms with van der Waals surface area (Å²) >= 11 is 0. The van der Waals surface area contributed by atoms with Gasteiger partial charge in [0.05, 0.1) is 0 Å². The topological polar surface area (TPSA) is 18.5 Å². The summed E-state index contributed by atoms with van der Waals surface area (Å²) in [7, 11) is 4.16. The minimum atomic E-state index is -0.790. The summed E-state index contributed by atoms with van der Waals surface area (Å²) in [5, 5.41) is 3.66.